The van der Waals surface area contributed by atoms with E-state index >= 15 is 0 Å². The first-order chi connectivity index (χ1) is 12.3. The van der Waals surface area contributed by atoms with E-state index in [9.17, 15) is 4.79 Å². The lowest BCUT2D eigenvalue weighted by Crippen LogP contribution is -2.41. The van der Waals surface area contributed by atoms with Gasteiger partial charge >= 0.3 is 0 Å². The highest BCUT2D eigenvalue weighted by atomic mass is 16.5. The lowest BCUT2D eigenvalue weighted by Gasteiger charge is -2.33. The summed E-state index contributed by atoms with van der Waals surface area (Å²) in [7, 11) is 1.72. The van der Waals surface area contributed by atoms with Crippen LogP contribution in [0.1, 0.15) is 28.8 Å². The van der Waals surface area contributed by atoms with E-state index < -0.39 is 0 Å². The van der Waals surface area contributed by atoms with E-state index in [-0.39, 0.29) is 5.91 Å². The highest BCUT2D eigenvalue weighted by molar-refractivity contribution is 5.99. The number of hydrogen-bond donors (Lipinski definition) is 1. The van der Waals surface area contributed by atoms with Gasteiger partial charge in [-0.15, -0.1) is 0 Å². The number of para-hydroxylation sites is 1. The summed E-state index contributed by atoms with van der Waals surface area (Å²) in [6.07, 6.45) is 5.74. The number of likely N-dealkylation sites (tertiary alicyclic amines) is 1. The third-order valence-electron chi connectivity index (χ3n) is 4.57. The van der Waals surface area contributed by atoms with E-state index in [2.05, 4.69) is 10.3 Å². The van der Waals surface area contributed by atoms with Crippen molar-refractivity contribution in [2.75, 3.05) is 32.1 Å². The van der Waals surface area contributed by atoms with E-state index in [0.29, 0.717) is 19.1 Å². The number of carbonyl (C=O) groups excluding carboxylic acids is 1. The predicted molar refractivity (Wildman–Crippen MR) is 98.5 cm³/mol. The second-order valence-corrected chi connectivity index (χ2v) is 6.48. The average Bonchev–Trinajstić information content (AvgIpc) is 2.67. The Bertz CT molecular complexity index is 688. The molecule has 3 rings (SSSR count). The lowest BCUT2D eigenvalue weighted by molar-refractivity contribution is 0.0571. The number of benzene rings is 1. The van der Waals surface area contributed by atoms with Crippen LogP contribution in [0.2, 0.25) is 0 Å². The molecule has 2 aromatic rings. The largest absolute Gasteiger partial charge is 0.384 e. The molecule has 0 aliphatic carbocycles. The van der Waals surface area contributed by atoms with Crippen molar-refractivity contribution in [3.8, 4) is 0 Å². The summed E-state index contributed by atoms with van der Waals surface area (Å²) in [5.74, 6) is 0.522. The van der Waals surface area contributed by atoms with Crippen LogP contribution in [0, 0.1) is 5.92 Å². The molecular weight excluding hydrogens is 314 g/mol. The fourth-order valence-corrected chi connectivity index (χ4v) is 3.32. The first kappa shape index (κ1) is 17.4. The minimum atomic E-state index is 0.0927. The lowest BCUT2D eigenvalue weighted by atomic mass is 9.98. The van der Waals surface area contributed by atoms with Crippen LogP contribution < -0.4 is 5.32 Å². The monoisotopic (exact) mass is 339 g/mol. The minimum Gasteiger partial charge on any atom is -0.384 e. The van der Waals surface area contributed by atoms with Gasteiger partial charge in [0.05, 0.1) is 12.2 Å². The van der Waals surface area contributed by atoms with E-state index in [1.165, 1.54) is 0 Å². The Balaban J connectivity index is 1.70. The Labute approximate surface area is 149 Å². The molecule has 1 aliphatic rings. The van der Waals surface area contributed by atoms with Crippen LogP contribution >= 0.6 is 0 Å². The second kappa shape index (κ2) is 8.62. The normalized spacial score (nSPS) is 17.3. The van der Waals surface area contributed by atoms with Gasteiger partial charge in [-0.2, -0.15) is 0 Å². The summed E-state index contributed by atoms with van der Waals surface area (Å²) in [6, 6.07) is 11.7. The van der Waals surface area contributed by atoms with Crippen LogP contribution in [0.5, 0.6) is 0 Å². The topological polar surface area (TPSA) is 54.5 Å². The van der Waals surface area contributed by atoms with Crippen molar-refractivity contribution in [1.82, 2.24) is 9.88 Å². The van der Waals surface area contributed by atoms with Crippen molar-refractivity contribution >= 4 is 11.6 Å². The minimum absolute atomic E-state index is 0.0927. The number of carbonyl (C=O) groups is 1. The Hall–Kier alpha value is -2.40. The maximum Gasteiger partial charge on any atom is 0.255 e. The van der Waals surface area contributed by atoms with Gasteiger partial charge in [0.2, 0.25) is 0 Å². The number of rotatable bonds is 6. The van der Waals surface area contributed by atoms with Gasteiger partial charge < -0.3 is 15.0 Å². The molecule has 25 heavy (non-hydrogen) atoms. The van der Waals surface area contributed by atoms with Gasteiger partial charge in [0.15, 0.2) is 0 Å². The van der Waals surface area contributed by atoms with Crippen LogP contribution in [0.15, 0.2) is 48.8 Å². The maximum atomic E-state index is 13.0. The molecule has 1 saturated heterocycles. The van der Waals surface area contributed by atoms with Gasteiger partial charge in [-0.05, 0) is 42.5 Å². The van der Waals surface area contributed by atoms with Gasteiger partial charge in [0.25, 0.3) is 5.91 Å². The second-order valence-electron chi connectivity index (χ2n) is 6.48. The Morgan fingerprint density at radius 3 is 3.00 bits per heavy atom. The molecule has 1 aromatic carbocycles. The molecule has 2 heterocycles. The van der Waals surface area contributed by atoms with E-state index in [0.717, 1.165) is 42.7 Å². The number of methoxy groups -OCH3 is 1. The third-order valence-corrected chi connectivity index (χ3v) is 4.57. The standard InChI is InChI=1S/C20H25N3O2/c1-25-15-17-7-5-11-23(14-17)20(24)18-8-2-3-9-19(18)22-13-16-6-4-10-21-12-16/h2-4,6,8-10,12,17,22H,5,7,11,13-15H2,1H3. The summed E-state index contributed by atoms with van der Waals surface area (Å²) < 4.78 is 5.27. The van der Waals surface area contributed by atoms with Crippen molar-refractivity contribution in [1.29, 1.82) is 0 Å². The molecule has 1 unspecified atom stereocenters. The fourth-order valence-electron chi connectivity index (χ4n) is 3.32. The molecule has 0 radical (unpaired) electrons. The predicted octanol–water partition coefficient (Wildman–Crippen LogP) is 3.19. The van der Waals surface area contributed by atoms with Crippen molar-refractivity contribution in [3.63, 3.8) is 0 Å². The first-order valence-corrected chi connectivity index (χ1v) is 8.78. The molecule has 0 bridgehead atoms. The molecule has 1 aromatic heterocycles. The number of ether oxygens (including phenoxy) is 1. The molecule has 1 atom stereocenters. The molecular formula is C20H25N3O2. The van der Waals surface area contributed by atoms with E-state index in [1.807, 2.05) is 47.5 Å². The van der Waals surface area contributed by atoms with Crippen molar-refractivity contribution < 1.29 is 9.53 Å². The number of anilines is 1. The molecule has 0 saturated carbocycles. The molecule has 5 heteroatoms. The summed E-state index contributed by atoms with van der Waals surface area (Å²) in [6.45, 7) is 2.94. The smallest absolute Gasteiger partial charge is 0.255 e. The summed E-state index contributed by atoms with van der Waals surface area (Å²) >= 11 is 0. The van der Waals surface area contributed by atoms with Crippen LogP contribution in [-0.4, -0.2) is 42.6 Å². The summed E-state index contributed by atoms with van der Waals surface area (Å²) in [5.41, 5.74) is 2.68. The summed E-state index contributed by atoms with van der Waals surface area (Å²) in [5, 5.41) is 3.37. The fraction of sp³-hybridized carbons (Fsp3) is 0.400. The quantitative estimate of drug-likeness (QED) is 0.878. The molecule has 1 fully saturated rings. The van der Waals surface area contributed by atoms with E-state index in [1.54, 1.807) is 13.3 Å². The maximum absolute atomic E-state index is 13.0. The van der Waals surface area contributed by atoms with Gasteiger partial charge in [0, 0.05) is 44.8 Å². The van der Waals surface area contributed by atoms with Crippen molar-refractivity contribution in [2.24, 2.45) is 5.92 Å². The molecule has 0 spiro atoms. The van der Waals surface area contributed by atoms with Gasteiger partial charge in [-0.1, -0.05) is 18.2 Å². The van der Waals surface area contributed by atoms with Crippen LogP contribution in [0.4, 0.5) is 5.69 Å². The van der Waals surface area contributed by atoms with Crippen molar-refractivity contribution in [2.45, 2.75) is 19.4 Å². The van der Waals surface area contributed by atoms with Gasteiger partial charge in [-0.3, -0.25) is 9.78 Å². The zero-order chi connectivity index (χ0) is 17.5. The summed E-state index contributed by atoms with van der Waals surface area (Å²) in [4.78, 5) is 19.1. The number of nitrogens with one attached hydrogen (secondary N) is 1. The third kappa shape index (κ3) is 4.57. The van der Waals surface area contributed by atoms with Crippen LogP contribution in [0.25, 0.3) is 0 Å². The number of piperidine rings is 1. The van der Waals surface area contributed by atoms with Crippen molar-refractivity contribution in [3.05, 3.63) is 59.9 Å². The highest BCUT2D eigenvalue weighted by Gasteiger charge is 2.25. The number of aromatic nitrogens is 1. The van der Waals surface area contributed by atoms with Crippen LogP contribution in [-0.2, 0) is 11.3 Å². The Morgan fingerprint density at radius 1 is 1.32 bits per heavy atom. The number of pyridine rings is 1. The van der Waals surface area contributed by atoms with Gasteiger partial charge in [-0.25, -0.2) is 0 Å². The molecule has 1 amide bonds. The number of amides is 1. The van der Waals surface area contributed by atoms with E-state index in [4.69, 9.17) is 4.74 Å². The van der Waals surface area contributed by atoms with Crippen LogP contribution in [0.3, 0.4) is 0 Å². The Morgan fingerprint density at radius 2 is 2.20 bits per heavy atom. The Kier molecular flexibility index (Phi) is 6.01. The first-order valence-electron chi connectivity index (χ1n) is 8.78. The average molecular weight is 339 g/mol. The zero-order valence-electron chi connectivity index (χ0n) is 14.6. The zero-order valence-corrected chi connectivity index (χ0v) is 14.6. The molecule has 1 aliphatic heterocycles. The number of nitrogens with zero attached hydrogens (tertiary/aromatic N) is 2. The van der Waals surface area contributed by atoms with Gasteiger partial charge in [0.1, 0.15) is 0 Å². The molecule has 132 valence electrons. The highest BCUT2D eigenvalue weighted by Crippen LogP contribution is 2.23. The number of hydrogen-bond acceptors (Lipinski definition) is 4. The molecule has 1 N–H and O–H groups in total. The molecule has 5 nitrogen and oxygen atoms in total. The SMILES string of the molecule is COCC1CCCN(C(=O)c2ccccc2NCc2cccnc2)C1.